The molecule has 1 aliphatic heterocycles. The van der Waals surface area contributed by atoms with Crippen molar-refractivity contribution in [1.82, 2.24) is 4.98 Å². The van der Waals surface area contributed by atoms with Crippen LogP contribution in [0.5, 0.6) is 0 Å². The maximum Gasteiger partial charge on any atom is 0.247 e. The fourth-order valence-corrected chi connectivity index (χ4v) is 4.81. The lowest BCUT2D eigenvalue weighted by molar-refractivity contribution is -0.121. The third-order valence-corrected chi connectivity index (χ3v) is 6.58. The van der Waals surface area contributed by atoms with Crippen molar-refractivity contribution in [1.29, 1.82) is 10.5 Å². The Morgan fingerprint density at radius 3 is 2.12 bits per heavy atom. The topological polar surface area (TPSA) is 124 Å². The molecule has 7 nitrogen and oxygen atoms in total. The van der Waals surface area contributed by atoms with E-state index in [1.54, 1.807) is 12.1 Å². The molecule has 1 saturated heterocycles. The minimum Gasteiger partial charge on any atom is -0.383 e. The standard InChI is InChI=1S/C25H19N5O2S/c1-14-3-7-16(8-4-14)22-18(12-26)23(28)29-24(19(22)13-27)33-20-11-21(31)30(25(20)32)17-9-5-15(2)6-10-17/h3-10,20H,11H2,1-2H3,(H2,28,29)/t20-/m0/s1. The van der Waals surface area contributed by atoms with Crippen LogP contribution in [-0.2, 0) is 9.59 Å². The zero-order chi connectivity index (χ0) is 23.7. The number of imide groups is 1. The van der Waals surface area contributed by atoms with E-state index in [0.29, 0.717) is 16.8 Å². The third kappa shape index (κ3) is 4.05. The lowest BCUT2D eigenvalue weighted by Crippen LogP contribution is -2.31. The molecule has 1 atom stereocenters. The van der Waals surface area contributed by atoms with Gasteiger partial charge in [0.15, 0.2) is 0 Å². The first kappa shape index (κ1) is 22.1. The van der Waals surface area contributed by atoms with E-state index in [0.717, 1.165) is 27.8 Å². The second kappa shape index (κ2) is 8.78. The molecule has 2 N–H and O–H groups in total. The second-order valence-corrected chi connectivity index (χ2v) is 8.92. The Balaban J connectivity index is 1.74. The van der Waals surface area contributed by atoms with Crippen LogP contribution in [0, 0.1) is 36.5 Å². The highest BCUT2D eigenvalue weighted by Gasteiger charge is 2.41. The smallest absolute Gasteiger partial charge is 0.247 e. The molecule has 8 heteroatoms. The van der Waals surface area contributed by atoms with Crippen LogP contribution in [0.25, 0.3) is 11.1 Å². The fourth-order valence-electron chi connectivity index (χ4n) is 3.69. The molecular formula is C25H19N5O2S. The Bertz CT molecular complexity index is 1350. The van der Waals surface area contributed by atoms with Crippen molar-refractivity contribution in [3.63, 3.8) is 0 Å². The molecule has 2 amide bonds. The second-order valence-electron chi connectivity index (χ2n) is 7.73. The van der Waals surface area contributed by atoms with Crippen LogP contribution in [0.3, 0.4) is 0 Å². The number of carbonyl (C=O) groups is 2. The van der Waals surface area contributed by atoms with Crippen molar-refractivity contribution in [3.8, 4) is 23.3 Å². The van der Waals surface area contributed by atoms with Gasteiger partial charge in [-0.3, -0.25) is 9.59 Å². The van der Waals surface area contributed by atoms with Crippen molar-refractivity contribution < 1.29 is 9.59 Å². The summed E-state index contributed by atoms with van der Waals surface area (Å²) in [5.74, 6) is -0.721. The summed E-state index contributed by atoms with van der Waals surface area (Å²) in [6.07, 6.45) is -0.0241. The summed E-state index contributed by atoms with van der Waals surface area (Å²) in [7, 11) is 0. The van der Waals surface area contributed by atoms with Gasteiger partial charge in [0.05, 0.1) is 16.5 Å². The van der Waals surface area contributed by atoms with Gasteiger partial charge in [0, 0.05) is 12.0 Å². The van der Waals surface area contributed by atoms with E-state index < -0.39 is 5.25 Å². The Hall–Kier alpha value is -4.14. The van der Waals surface area contributed by atoms with Crippen molar-refractivity contribution >= 4 is 35.1 Å². The van der Waals surface area contributed by atoms with Crippen molar-refractivity contribution in [2.75, 3.05) is 10.6 Å². The molecule has 33 heavy (non-hydrogen) atoms. The number of amides is 2. The number of pyridine rings is 1. The van der Waals surface area contributed by atoms with E-state index in [9.17, 15) is 20.1 Å². The zero-order valence-corrected chi connectivity index (χ0v) is 18.8. The van der Waals surface area contributed by atoms with Crippen molar-refractivity contribution in [3.05, 3.63) is 70.8 Å². The zero-order valence-electron chi connectivity index (χ0n) is 18.0. The predicted octanol–water partition coefficient (Wildman–Crippen LogP) is 4.12. The number of nitrogens with two attached hydrogens (primary N) is 1. The largest absolute Gasteiger partial charge is 0.383 e. The van der Waals surface area contributed by atoms with Gasteiger partial charge in [0.25, 0.3) is 0 Å². The van der Waals surface area contributed by atoms with Crippen LogP contribution < -0.4 is 10.6 Å². The van der Waals surface area contributed by atoms with E-state index >= 15 is 0 Å². The molecule has 1 aliphatic rings. The molecule has 1 fully saturated rings. The molecule has 0 unspecified atom stereocenters. The van der Waals surface area contributed by atoms with Gasteiger partial charge in [-0.2, -0.15) is 10.5 Å². The molecule has 1 aromatic heterocycles. The van der Waals surface area contributed by atoms with Gasteiger partial charge in [0.1, 0.15) is 28.5 Å². The molecule has 3 aromatic rings. The Kier molecular flexibility index (Phi) is 5.87. The number of nitriles is 2. The van der Waals surface area contributed by atoms with Crippen LogP contribution in [-0.4, -0.2) is 22.0 Å². The van der Waals surface area contributed by atoms with Gasteiger partial charge in [-0.05, 0) is 31.5 Å². The minimum absolute atomic E-state index is 0.0241. The average Bonchev–Trinajstić information content (AvgIpc) is 3.07. The minimum atomic E-state index is -0.753. The Labute approximate surface area is 195 Å². The highest BCUT2D eigenvalue weighted by atomic mass is 32.2. The van der Waals surface area contributed by atoms with Crippen molar-refractivity contribution in [2.24, 2.45) is 0 Å². The summed E-state index contributed by atoms with van der Waals surface area (Å²) in [6, 6.07) is 18.7. The Morgan fingerprint density at radius 1 is 0.970 bits per heavy atom. The summed E-state index contributed by atoms with van der Waals surface area (Å²) in [6.45, 7) is 3.86. The van der Waals surface area contributed by atoms with E-state index in [-0.39, 0.29) is 40.2 Å². The quantitative estimate of drug-likeness (QED) is 0.589. The molecule has 162 valence electrons. The van der Waals surface area contributed by atoms with E-state index in [1.165, 1.54) is 0 Å². The number of aryl methyl sites for hydroxylation is 2. The number of benzene rings is 2. The monoisotopic (exact) mass is 453 g/mol. The highest BCUT2D eigenvalue weighted by Crippen LogP contribution is 2.40. The first-order valence-electron chi connectivity index (χ1n) is 10.1. The number of anilines is 2. The third-order valence-electron chi connectivity index (χ3n) is 5.41. The molecule has 4 rings (SSSR count). The van der Waals surface area contributed by atoms with Crippen LogP contribution in [0.4, 0.5) is 11.5 Å². The molecular weight excluding hydrogens is 434 g/mol. The number of aromatic nitrogens is 1. The van der Waals surface area contributed by atoms with Crippen LogP contribution >= 0.6 is 11.8 Å². The molecule has 0 spiro atoms. The van der Waals surface area contributed by atoms with Crippen LogP contribution in [0.2, 0.25) is 0 Å². The normalized spacial score (nSPS) is 15.4. The molecule has 0 aliphatic carbocycles. The first-order chi connectivity index (χ1) is 15.8. The number of nitrogens with zero attached hydrogens (tertiary/aromatic N) is 4. The van der Waals surface area contributed by atoms with Gasteiger partial charge >= 0.3 is 0 Å². The lowest BCUT2D eigenvalue weighted by atomic mass is 9.96. The van der Waals surface area contributed by atoms with Gasteiger partial charge in [-0.1, -0.05) is 59.3 Å². The van der Waals surface area contributed by atoms with Gasteiger partial charge < -0.3 is 5.73 Å². The highest BCUT2D eigenvalue weighted by molar-refractivity contribution is 8.00. The SMILES string of the molecule is Cc1ccc(-c2c(C#N)c(N)nc(S[C@H]3CC(=O)N(c4ccc(C)cc4)C3=O)c2C#N)cc1. The van der Waals surface area contributed by atoms with Gasteiger partial charge in [-0.25, -0.2) is 9.88 Å². The average molecular weight is 454 g/mol. The van der Waals surface area contributed by atoms with Crippen LogP contribution in [0.1, 0.15) is 28.7 Å². The lowest BCUT2D eigenvalue weighted by Gasteiger charge is -2.16. The van der Waals surface area contributed by atoms with E-state index in [2.05, 4.69) is 11.1 Å². The fraction of sp³-hybridized carbons (Fsp3) is 0.160. The van der Waals surface area contributed by atoms with Crippen LogP contribution in [0.15, 0.2) is 53.6 Å². The number of rotatable bonds is 4. The predicted molar refractivity (Wildman–Crippen MR) is 126 cm³/mol. The number of thioether (sulfide) groups is 1. The maximum absolute atomic E-state index is 13.1. The van der Waals surface area contributed by atoms with Gasteiger partial charge in [0.2, 0.25) is 11.8 Å². The number of nitrogen functional groups attached to an aromatic ring is 1. The Morgan fingerprint density at radius 2 is 1.55 bits per heavy atom. The van der Waals surface area contributed by atoms with Crippen molar-refractivity contribution in [2.45, 2.75) is 30.5 Å². The summed E-state index contributed by atoms with van der Waals surface area (Å²) in [4.78, 5) is 31.2. The number of carbonyl (C=O) groups excluding carboxylic acids is 2. The van der Waals surface area contributed by atoms with E-state index in [4.69, 9.17) is 5.73 Å². The summed E-state index contributed by atoms with van der Waals surface area (Å²) in [5.41, 5.74) is 9.92. The molecule has 0 saturated carbocycles. The van der Waals surface area contributed by atoms with Gasteiger partial charge in [-0.15, -0.1) is 0 Å². The molecule has 0 radical (unpaired) electrons. The maximum atomic E-state index is 13.1. The summed E-state index contributed by atoms with van der Waals surface area (Å²) < 4.78 is 0. The summed E-state index contributed by atoms with van der Waals surface area (Å²) >= 11 is 1.03. The summed E-state index contributed by atoms with van der Waals surface area (Å²) in [5, 5.41) is 19.1. The molecule has 2 heterocycles. The number of hydrogen-bond donors (Lipinski definition) is 1. The number of hydrogen-bond acceptors (Lipinski definition) is 7. The molecule has 0 bridgehead atoms. The van der Waals surface area contributed by atoms with E-state index in [1.807, 2.05) is 56.3 Å². The first-order valence-corrected chi connectivity index (χ1v) is 11.0. The molecule has 2 aromatic carbocycles.